The van der Waals surface area contributed by atoms with Crippen LogP contribution in [0.5, 0.6) is 11.5 Å². The molecular weight excluding hydrogens is 260 g/mol. The second kappa shape index (κ2) is 5.37. The van der Waals surface area contributed by atoms with Crippen molar-refractivity contribution in [2.24, 2.45) is 0 Å². The summed E-state index contributed by atoms with van der Waals surface area (Å²) in [6, 6.07) is 3.67. The normalized spacial score (nSPS) is 12.3. The number of halogens is 1. The zero-order valence-electron chi connectivity index (χ0n) is 9.08. The van der Waals surface area contributed by atoms with Gasteiger partial charge in [-0.25, -0.2) is 0 Å². The topological polar surface area (TPSA) is 38.7 Å². The third kappa shape index (κ3) is 3.11. The molecule has 84 valence electrons. The molecule has 1 atom stereocenters. The number of aliphatic hydroxyl groups excluding tert-OH is 1. The fourth-order valence-electron chi connectivity index (χ4n) is 1.38. The van der Waals surface area contributed by atoms with Crippen molar-refractivity contribution >= 4 is 15.9 Å². The molecule has 0 bridgehead atoms. The summed E-state index contributed by atoms with van der Waals surface area (Å²) in [6.45, 7) is 1.75. The minimum absolute atomic E-state index is 0.399. The Balaban J connectivity index is 3.12. The molecule has 0 aliphatic carbocycles. The van der Waals surface area contributed by atoms with Gasteiger partial charge in [0.15, 0.2) is 0 Å². The van der Waals surface area contributed by atoms with Crippen LogP contribution in [0.25, 0.3) is 0 Å². The average molecular weight is 275 g/mol. The molecule has 0 aliphatic heterocycles. The van der Waals surface area contributed by atoms with Crippen LogP contribution in [0.4, 0.5) is 0 Å². The van der Waals surface area contributed by atoms with E-state index in [9.17, 15) is 5.11 Å². The molecule has 0 spiro atoms. The smallest absolute Gasteiger partial charge is 0.126 e. The van der Waals surface area contributed by atoms with E-state index in [0.29, 0.717) is 6.42 Å². The highest BCUT2D eigenvalue weighted by molar-refractivity contribution is 9.10. The first-order chi connectivity index (χ1) is 7.08. The Morgan fingerprint density at radius 3 is 2.47 bits per heavy atom. The molecule has 1 N–H and O–H groups in total. The Hall–Kier alpha value is -0.740. The molecule has 0 saturated carbocycles. The zero-order chi connectivity index (χ0) is 11.4. The van der Waals surface area contributed by atoms with Crippen molar-refractivity contribution in [3.63, 3.8) is 0 Å². The number of rotatable bonds is 4. The lowest BCUT2D eigenvalue weighted by Crippen LogP contribution is -2.06. The maximum atomic E-state index is 9.37. The van der Waals surface area contributed by atoms with Gasteiger partial charge < -0.3 is 14.6 Å². The second-order valence-electron chi connectivity index (χ2n) is 3.34. The first-order valence-corrected chi connectivity index (χ1v) is 5.46. The molecule has 1 aromatic rings. The van der Waals surface area contributed by atoms with E-state index >= 15 is 0 Å². The molecule has 0 unspecified atom stereocenters. The highest BCUT2D eigenvalue weighted by atomic mass is 79.9. The number of aliphatic hydroxyl groups is 1. The summed E-state index contributed by atoms with van der Waals surface area (Å²) in [7, 11) is 3.21. The van der Waals surface area contributed by atoms with E-state index in [4.69, 9.17) is 9.47 Å². The molecule has 0 aromatic heterocycles. The summed E-state index contributed by atoms with van der Waals surface area (Å²) < 4.78 is 11.3. The van der Waals surface area contributed by atoms with Gasteiger partial charge in [0.2, 0.25) is 0 Å². The fraction of sp³-hybridized carbons (Fsp3) is 0.455. The lowest BCUT2D eigenvalue weighted by Gasteiger charge is -2.13. The van der Waals surface area contributed by atoms with Crippen LogP contribution in [0.15, 0.2) is 16.6 Å². The van der Waals surface area contributed by atoms with Gasteiger partial charge in [-0.3, -0.25) is 0 Å². The SMILES string of the molecule is COc1cc(Br)c(C[C@@H](C)O)c(OC)c1. The summed E-state index contributed by atoms with van der Waals surface area (Å²) in [4.78, 5) is 0. The molecule has 1 aromatic carbocycles. The van der Waals surface area contributed by atoms with Crippen molar-refractivity contribution in [3.05, 3.63) is 22.2 Å². The lowest BCUT2D eigenvalue weighted by atomic mass is 10.1. The van der Waals surface area contributed by atoms with Crippen LogP contribution < -0.4 is 9.47 Å². The minimum atomic E-state index is -0.399. The third-order valence-corrected chi connectivity index (χ3v) is 2.79. The van der Waals surface area contributed by atoms with Gasteiger partial charge in [-0.1, -0.05) is 15.9 Å². The molecule has 0 saturated heterocycles. The molecule has 0 heterocycles. The Labute approximate surface area is 98.1 Å². The summed E-state index contributed by atoms with van der Waals surface area (Å²) in [5.74, 6) is 1.45. The summed E-state index contributed by atoms with van der Waals surface area (Å²) in [5.41, 5.74) is 0.952. The predicted molar refractivity (Wildman–Crippen MR) is 62.6 cm³/mol. The van der Waals surface area contributed by atoms with Gasteiger partial charge in [0.05, 0.1) is 20.3 Å². The third-order valence-electron chi connectivity index (χ3n) is 2.08. The van der Waals surface area contributed by atoms with Crippen LogP contribution >= 0.6 is 15.9 Å². The largest absolute Gasteiger partial charge is 0.497 e. The molecule has 0 aliphatic rings. The van der Waals surface area contributed by atoms with Gasteiger partial charge in [-0.05, 0) is 13.0 Å². The number of hydrogen-bond donors (Lipinski definition) is 1. The van der Waals surface area contributed by atoms with Crippen LogP contribution in [-0.4, -0.2) is 25.4 Å². The molecule has 0 fully saturated rings. The van der Waals surface area contributed by atoms with Crippen LogP contribution in [0, 0.1) is 0 Å². The van der Waals surface area contributed by atoms with Gasteiger partial charge >= 0.3 is 0 Å². The molecule has 15 heavy (non-hydrogen) atoms. The molecular formula is C11H15BrO3. The monoisotopic (exact) mass is 274 g/mol. The van der Waals surface area contributed by atoms with Gasteiger partial charge in [0, 0.05) is 22.5 Å². The Bertz CT molecular complexity index is 337. The van der Waals surface area contributed by atoms with E-state index < -0.39 is 6.10 Å². The maximum Gasteiger partial charge on any atom is 0.126 e. The Morgan fingerprint density at radius 2 is 2.00 bits per heavy atom. The molecule has 4 heteroatoms. The van der Waals surface area contributed by atoms with Gasteiger partial charge in [-0.15, -0.1) is 0 Å². The predicted octanol–water partition coefficient (Wildman–Crippen LogP) is 2.39. The van der Waals surface area contributed by atoms with E-state index in [-0.39, 0.29) is 0 Å². The van der Waals surface area contributed by atoms with E-state index in [1.54, 1.807) is 21.1 Å². The van der Waals surface area contributed by atoms with Crippen molar-refractivity contribution in [2.75, 3.05) is 14.2 Å². The number of benzene rings is 1. The maximum absolute atomic E-state index is 9.37. The van der Waals surface area contributed by atoms with Crippen molar-refractivity contribution in [3.8, 4) is 11.5 Å². The van der Waals surface area contributed by atoms with Crippen molar-refractivity contribution in [2.45, 2.75) is 19.4 Å². The Kier molecular flexibility index (Phi) is 4.42. The first kappa shape index (κ1) is 12.3. The molecule has 0 amide bonds. The zero-order valence-corrected chi connectivity index (χ0v) is 10.7. The molecule has 0 radical (unpaired) electrons. The average Bonchev–Trinajstić information content (AvgIpc) is 2.20. The lowest BCUT2D eigenvalue weighted by molar-refractivity contribution is 0.194. The fourth-order valence-corrected chi connectivity index (χ4v) is 1.96. The summed E-state index contributed by atoms with van der Waals surface area (Å²) >= 11 is 3.44. The summed E-state index contributed by atoms with van der Waals surface area (Å²) in [5, 5.41) is 9.37. The van der Waals surface area contributed by atoms with Crippen molar-refractivity contribution < 1.29 is 14.6 Å². The quantitative estimate of drug-likeness (QED) is 0.917. The Morgan fingerprint density at radius 1 is 1.33 bits per heavy atom. The second-order valence-corrected chi connectivity index (χ2v) is 4.20. The van der Waals surface area contributed by atoms with Gasteiger partial charge in [-0.2, -0.15) is 0 Å². The molecule has 1 rings (SSSR count). The van der Waals surface area contributed by atoms with Gasteiger partial charge in [0.25, 0.3) is 0 Å². The van der Waals surface area contributed by atoms with E-state index in [1.807, 2.05) is 12.1 Å². The highest BCUT2D eigenvalue weighted by Crippen LogP contribution is 2.33. The minimum Gasteiger partial charge on any atom is -0.497 e. The van der Waals surface area contributed by atoms with E-state index in [0.717, 1.165) is 21.5 Å². The summed E-state index contributed by atoms with van der Waals surface area (Å²) in [6.07, 6.45) is 0.150. The standard InChI is InChI=1S/C11H15BrO3/c1-7(13)4-9-10(12)5-8(14-2)6-11(9)15-3/h5-7,13H,4H2,1-3H3/t7-/m1/s1. The van der Waals surface area contributed by atoms with Crippen molar-refractivity contribution in [1.82, 2.24) is 0 Å². The van der Waals surface area contributed by atoms with Crippen molar-refractivity contribution in [1.29, 1.82) is 0 Å². The first-order valence-electron chi connectivity index (χ1n) is 4.67. The molecule has 3 nitrogen and oxygen atoms in total. The van der Waals surface area contributed by atoms with Crippen LogP contribution in [-0.2, 0) is 6.42 Å². The van der Waals surface area contributed by atoms with Crippen LogP contribution in [0.1, 0.15) is 12.5 Å². The highest BCUT2D eigenvalue weighted by Gasteiger charge is 2.12. The van der Waals surface area contributed by atoms with E-state index in [1.165, 1.54) is 0 Å². The number of methoxy groups -OCH3 is 2. The van der Waals surface area contributed by atoms with Crippen LogP contribution in [0.2, 0.25) is 0 Å². The van der Waals surface area contributed by atoms with E-state index in [2.05, 4.69) is 15.9 Å². The number of ether oxygens (including phenoxy) is 2. The van der Waals surface area contributed by atoms with Crippen LogP contribution in [0.3, 0.4) is 0 Å². The van der Waals surface area contributed by atoms with Gasteiger partial charge in [0.1, 0.15) is 11.5 Å². The number of hydrogen-bond acceptors (Lipinski definition) is 3.